The smallest absolute Gasteiger partial charge is 0.164 e. The van der Waals surface area contributed by atoms with Crippen molar-refractivity contribution in [1.29, 1.82) is 0 Å². The van der Waals surface area contributed by atoms with Crippen LogP contribution in [0.3, 0.4) is 0 Å². The van der Waals surface area contributed by atoms with E-state index >= 15 is 0 Å². The van der Waals surface area contributed by atoms with E-state index in [9.17, 15) is 0 Å². The largest absolute Gasteiger partial charge is 0.208 e. The number of benzene rings is 6. The molecule has 0 N–H and O–H groups in total. The fourth-order valence-corrected chi connectivity index (χ4v) is 5.52. The summed E-state index contributed by atoms with van der Waals surface area (Å²) in [6.07, 6.45) is 0. The maximum absolute atomic E-state index is 5.01. The van der Waals surface area contributed by atoms with Gasteiger partial charge in [-0.2, -0.15) is 0 Å². The van der Waals surface area contributed by atoms with Crippen molar-refractivity contribution in [2.45, 2.75) is 0 Å². The van der Waals surface area contributed by atoms with E-state index in [4.69, 9.17) is 15.0 Å². The van der Waals surface area contributed by atoms with Crippen LogP contribution in [0, 0.1) is 0 Å². The van der Waals surface area contributed by atoms with Crippen molar-refractivity contribution in [3.05, 3.63) is 150 Å². The fourth-order valence-electron chi connectivity index (χ4n) is 5.26. The Balaban J connectivity index is 1.44. The average molecular weight is 591 g/mol. The van der Waals surface area contributed by atoms with E-state index < -0.39 is 0 Å². The highest BCUT2D eigenvalue weighted by Gasteiger charge is 2.17. The van der Waals surface area contributed by atoms with Crippen LogP contribution in [0.15, 0.2) is 150 Å². The van der Waals surface area contributed by atoms with Crippen LogP contribution in [0.2, 0.25) is 0 Å². The summed E-state index contributed by atoms with van der Waals surface area (Å²) in [5.74, 6) is 1.95. The third kappa shape index (κ3) is 4.94. The number of halogens is 1. The van der Waals surface area contributed by atoms with Crippen molar-refractivity contribution in [2.75, 3.05) is 0 Å². The summed E-state index contributed by atoms with van der Waals surface area (Å²) in [5.41, 5.74) is 7.47. The molecule has 194 valence electrons. The maximum atomic E-state index is 5.01. The first-order valence-corrected chi connectivity index (χ1v) is 14.3. The van der Waals surface area contributed by atoms with Gasteiger partial charge in [-0.05, 0) is 45.2 Å². The second-order valence-corrected chi connectivity index (χ2v) is 10.7. The molecule has 6 aromatic carbocycles. The molecule has 7 rings (SSSR count). The Morgan fingerprint density at radius 3 is 1.39 bits per heavy atom. The molecule has 7 aromatic rings. The summed E-state index contributed by atoms with van der Waals surface area (Å²) in [6, 6.07) is 50.1. The first-order valence-electron chi connectivity index (χ1n) is 13.5. The van der Waals surface area contributed by atoms with Gasteiger partial charge in [0.05, 0.1) is 0 Å². The Bertz CT molecular complexity index is 1930. The lowest BCUT2D eigenvalue weighted by atomic mass is 9.90. The predicted octanol–water partition coefficient (Wildman–Crippen LogP) is 10.1. The number of rotatable bonds is 5. The molecule has 4 heteroatoms. The van der Waals surface area contributed by atoms with Gasteiger partial charge in [0.15, 0.2) is 17.5 Å². The molecule has 0 aliphatic heterocycles. The number of nitrogens with zero attached hydrogens (tertiary/aromatic N) is 3. The van der Waals surface area contributed by atoms with Crippen LogP contribution >= 0.6 is 15.9 Å². The minimum absolute atomic E-state index is 0.648. The molecule has 0 spiro atoms. The zero-order valence-electron chi connectivity index (χ0n) is 22.1. The van der Waals surface area contributed by atoms with Crippen LogP contribution in [-0.2, 0) is 0 Å². The number of hydrogen-bond acceptors (Lipinski definition) is 3. The Hall–Kier alpha value is -4.93. The van der Waals surface area contributed by atoms with Gasteiger partial charge >= 0.3 is 0 Å². The molecule has 0 saturated carbocycles. The highest BCUT2D eigenvalue weighted by molar-refractivity contribution is 9.10. The summed E-state index contributed by atoms with van der Waals surface area (Å²) in [7, 11) is 0. The Morgan fingerprint density at radius 1 is 0.317 bits per heavy atom. The third-order valence-corrected chi connectivity index (χ3v) is 7.77. The fraction of sp³-hybridized carbons (Fsp3) is 0. The lowest BCUT2D eigenvalue weighted by molar-refractivity contribution is 1.07. The molecule has 3 nitrogen and oxygen atoms in total. The molecule has 0 amide bonds. The molecule has 0 unspecified atom stereocenters. The predicted molar refractivity (Wildman–Crippen MR) is 172 cm³/mol. The first-order chi connectivity index (χ1) is 20.2. The van der Waals surface area contributed by atoms with E-state index in [1.807, 2.05) is 66.7 Å². The quantitative estimate of drug-likeness (QED) is 0.200. The van der Waals surface area contributed by atoms with E-state index in [-0.39, 0.29) is 0 Å². The average Bonchev–Trinajstić information content (AvgIpc) is 3.05. The van der Waals surface area contributed by atoms with Crippen LogP contribution in [0.4, 0.5) is 0 Å². The van der Waals surface area contributed by atoms with Crippen molar-refractivity contribution >= 4 is 26.7 Å². The minimum atomic E-state index is 0.648. The van der Waals surface area contributed by atoms with Crippen molar-refractivity contribution in [1.82, 2.24) is 15.0 Å². The summed E-state index contributed by atoms with van der Waals surface area (Å²) < 4.78 is 1.07. The molecular weight excluding hydrogens is 566 g/mol. The minimum Gasteiger partial charge on any atom is -0.208 e. The molecule has 0 saturated heterocycles. The van der Waals surface area contributed by atoms with Gasteiger partial charge < -0.3 is 0 Å². The SMILES string of the molecule is Brc1ccc(-c2ccc(-c3ccccc3-c3nc(-c4ccccc4)nc(-c4ccccc4)n3)c3ccccc23)cc1. The zero-order chi connectivity index (χ0) is 27.6. The van der Waals surface area contributed by atoms with Gasteiger partial charge in [-0.3, -0.25) is 0 Å². The van der Waals surface area contributed by atoms with E-state index in [1.165, 1.54) is 21.9 Å². The summed E-state index contributed by atoms with van der Waals surface area (Å²) in [5, 5.41) is 2.38. The molecule has 41 heavy (non-hydrogen) atoms. The molecule has 1 heterocycles. The van der Waals surface area contributed by atoms with Gasteiger partial charge in [-0.15, -0.1) is 0 Å². The third-order valence-electron chi connectivity index (χ3n) is 7.24. The van der Waals surface area contributed by atoms with Crippen LogP contribution in [-0.4, -0.2) is 15.0 Å². The normalized spacial score (nSPS) is 11.0. The molecule has 0 aliphatic carbocycles. The summed E-state index contributed by atoms with van der Waals surface area (Å²) in [4.78, 5) is 14.9. The van der Waals surface area contributed by atoms with Gasteiger partial charge in [0.1, 0.15) is 0 Å². The maximum Gasteiger partial charge on any atom is 0.164 e. The van der Waals surface area contributed by atoms with Gasteiger partial charge in [0.2, 0.25) is 0 Å². The standard InChI is InChI=1S/C37H24BrN3/c38-28-21-19-25(20-22-28)29-23-24-33(31-16-8-7-15-30(29)31)32-17-9-10-18-34(32)37-40-35(26-11-3-1-4-12-26)39-36(41-37)27-13-5-2-6-14-27/h1-24H. The van der Waals surface area contributed by atoms with Crippen molar-refractivity contribution in [3.8, 4) is 56.4 Å². The van der Waals surface area contributed by atoms with Crippen LogP contribution in [0.5, 0.6) is 0 Å². The lowest BCUT2D eigenvalue weighted by Gasteiger charge is -2.15. The molecule has 0 bridgehead atoms. The van der Waals surface area contributed by atoms with Crippen molar-refractivity contribution in [3.63, 3.8) is 0 Å². The molecule has 0 fully saturated rings. The van der Waals surface area contributed by atoms with E-state index in [1.54, 1.807) is 0 Å². The monoisotopic (exact) mass is 589 g/mol. The van der Waals surface area contributed by atoms with E-state index in [0.29, 0.717) is 17.5 Å². The number of aromatic nitrogens is 3. The van der Waals surface area contributed by atoms with Crippen molar-refractivity contribution < 1.29 is 0 Å². The topological polar surface area (TPSA) is 38.7 Å². The first kappa shape index (κ1) is 25.1. The van der Waals surface area contributed by atoms with Gasteiger partial charge in [-0.25, -0.2) is 15.0 Å². The number of hydrogen-bond donors (Lipinski definition) is 0. The zero-order valence-corrected chi connectivity index (χ0v) is 23.7. The highest BCUT2D eigenvalue weighted by Crippen LogP contribution is 2.39. The Kier molecular flexibility index (Phi) is 6.67. The van der Waals surface area contributed by atoms with E-state index in [2.05, 4.69) is 94.8 Å². The van der Waals surface area contributed by atoms with Gasteiger partial charge in [0, 0.05) is 21.2 Å². The Labute approximate surface area is 247 Å². The summed E-state index contributed by atoms with van der Waals surface area (Å²) in [6.45, 7) is 0. The molecule has 0 atom stereocenters. The second kappa shape index (κ2) is 10.9. The lowest BCUT2D eigenvalue weighted by Crippen LogP contribution is -2.01. The van der Waals surface area contributed by atoms with E-state index in [0.717, 1.165) is 32.3 Å². The van der Waals surface area contributed by atoms with Gasteiger partial charge in [0.25, 0.3) is 0 Å². The second-order valence-electron chi connectivity index (χ2n) is 9.80. The van der Waals surface area contributed by atoms with Crippen LogP contribution in [0.25, 0.3) is 67.2 Å². The highest BCUT2D eigenvalue weighted by atomic mass is 79.9. The van der Waals surface area contributed by atoms with Crippen molar-refractivity contribution in [2.24, 2.45) is 0 Å². The Morgan fingerprint density at radius 2 is 0.780 bits per heavy atom. The summed E-state index contributed by atoms with van der Waals surface area (Å²) >= 11 is 3.56. The van der Waals surface area contributed by atoms with Crippen LogP contribution < -0.4 is 0 Å². The molecule has 1 aromatic heterocycles. The number of fused-ring (bicyclic) bond motifs is 1. The molecule has 0 radical (unpaired) electrons. The molecule has 0 aliphatic rings. The van der Waals surface area contributed by atoms with Gasteiger partial charge in [-0.1, -0.05) is 149 Å². The van der Waals surface area contributed by atoms with Crippen LogP contribution in [0.1, 0.15) is 0 Å². The molecular formula is C37H24BrN3.